The molecule has 0 fully saturated rings. The molecule has 0 saturated carbocycles. The maximum atomic E-state index is 12.2. The maximum absolute atomic E-state index is 12.2. The first-order chi connectivity index (χ1) is 12.3. The first-order valence-electron chi connectivity index (χ1n) is 8.50. The molecule has 0 spiro atoms. The number of carbonyl (C=O) groups excluding carboxylic acids is 1. The summed E-state index contributed by atoms with van der Waals surface area (Å²) in [4.78, 5) is 12.2. The van der Waals surface area contributed by atoms with Crippen molar-refractivity contribution in [3.05, 3.63) is 66.7 Å². The minimum Gasteiger partial charge on any atom is -0.494 e. The fourth-order valence-corrected chi connectivity index (χ4v) is 2.64. The van der Waals surface area contributed by atoms with Crippen LogP contribution in [0.3, 0.4) is 0 Å². The number of anilines is 2. The van der Waals surface area contributed by atoms with Gasteiger partial charge in [-0.1, -0.05) is 49.4 Å². The van der Waals surface area contributed by atoms with E-state index in [9.17, 15) is 4.79 Å². The van der Waals surface area contributed by atoms with Gasteiger partial charge in [-0.25, -0.2) is 0 Å². The number of hydrogen-bond acceptors (Lipinski definition) is 3. The van der Waals surface area contributed by atoms with E-state index in [1.807, 2.05) is 54.6 Å². The lowest BCUT2D eigenvalue weighted by molar-refractivity contribution is -0.114. The SMILES string of the molecule is CCCOc1cccc(NC(=O)CNc2cccc3ccccc23)c1. The van der Waals surface area contributed by atoms with Gasteiger partial charge in [0, 0.05) is 22.8 Å². The summed E-state index contributed by atoms with van der Waals surface area (Å²) in [6.45, 7) is 2.93. The van der Waals surface area contributed by atoms with Crippen molar-refractivity contribution in [2.45, 2.75) is 13.3 Å². The molecule has 3 rings (SSSR count). The number of nitrogens with one attached hydrogen (secondary N) is 2. The molecule has 0 bridgehead atoms. The molecule has 0 aliphatic heterocycles. The molecule has 0 aliphatic carbocycles. The predicted octanol–water partition coefficient (Wildman–Crippen LogP) is 4.68. The van der Waals surface area contributed by atoms with E-state index in [1.54, 1.807) is 0 Å². The second kappa shape index (κ2) is 8.20. The fraction of sp³-hybridized carbons (Fsp3) is 0.190. The summed E-state index contributed by atoms with van der Waals surface area (Å²) in [5, 5.41) is 8.36. The van der Waals surface area contributed by atoms with Crippen molar-refractivity contribution in [3.8, 4) is 5.75 Å². The molecule has 4 nitrogen and oxygen atoms in total. The monoisotopic (exact) mass is 334 g/mol. The molecule has 4 heteroatoms. The van der Waals surface area contributed by atoms with Gasteiger partial charge >= 0.3 is 0 Å². The molecular weight excluding hydrogens is 312 g/mol. The zero-order valence-corrected chi connectivity index (χ0v) is 14.3. The number of ether oxygens (including phenoxy) is 1. The van der Waals surface area contributed by atoms with Gasteiger partial charge in [-0.3, -0.25) is 4.79 Å². The highest BCUT2D eigenvalue weighted by atomic mass is 16.5. The van der Waals surface area contributed by atoms with E-state index in [1.165, 1.54) is 0 Å². The second-order valence-electron chi connectivity index (χ2n) is 5.80. The van der Waals surface area contributed by atoms with Crippen molar-refractivity contribution >= 4 is 28.1 Å². The van der Waals surface area contributed by atoms with Crippen LogP contribution in [-0.2, 0) is 4.79 Å². The van der Waals surface area contributed by atoms with Crippen LogP contribution < -0.4 is 15.4 Å². The van der Waals surface area contributed by atoms with Crippen LogP contribution >= 0.6 is 0 Å². The van der Waals surface area contributed by atoms with E-state index in [4.69, 9.17) is 4.74 Å². The lowest BCUT2D eigenvalue weighted by Gasteiger charge is -2.11. The summed E-state index contributed by atoms with van der Waals surface area (Å²) >= 11 is 0. The van der Waals surface area contributed by atoms with Crippen molar-refractivity contribution in [3.63, 3.8) is 0 Å². The summed E-state index contributed by atoms with van der Waals surface area (Å²) in [5.41, 5.74) is 1.69. The molecule has 3 aromatic rings. The molecule has 0 radical (unpaired) electrons. The largest absolute Gasteiger partial charge is 0.494 e. The Hall–Kier alpha value is -3.01. The molecule has 0 atom stereocenters. The zero-order valence-electron chi connectivity index (χ0n) is 14.3. The molecule has 0 saturated heterocycles. The first kappa shape index (κ1) is 16.8. The van der Waals surface area contributed by atoms with Crippen LogP contribution in [0.15, 0.2) is 66.7 Å². The van der Waals surface area contributed by atoms with Crippen molar-refractivity contribution in [1.82, 2.24) is 0 Å². The molecular formula is C21H22N2O2. The van der Waals surface area contributed by atoms with E-state index in [-0.39, 0.29) is 12.5 Å². The predicted molar refractivity (Wildman–Crippen MR) is 103 cm³/mol. The Bertz CT molecular complexity index is 856. The minimum atomic E-state index is -0.0967. The lowest BCUT2D eigenvalue weighted by Crippen LogP contribution is -2.21. The normalized spacial score (nSPS) is 10.4. The third-order valence-corrected chi connectivity index (χ3v) is 3.82. The number of carbonyl (C=O) groups is 1. The molecule has 0 unspecified atom stereocenters. The summed E-state index contributed by atoms with van der Waals surface area (Å²) in [6, 6.07) is 21.6. The first-order valence-corrected chi connectivity index (χ1v) is 8.50. The standard InChI is InChI=1S/C21H22N2O2/c1-2-13-25-18-10-6-9-17(14-18)23-21(24)15-22-20-12-5-8-16-7-3-4-11-19(16)20/h3-12,14,22H,2,13,15H2,1H3,(H,23,24). The van der Waals surface area contributed by atoms with Crippen LogP contribution in [0.5, 0.6) is 5.75 Å². The van der Waals surface area contributed by atoms with E-state index in [2.05, 4.69) is 29.7 Å². The lowest BCUT2D eigenvalue weighted by atomic mass is 10.1. The Morgan fingerprint density at radius 2 is 1.80 bits per heavy atom. The van der Waals surface area contributed by atoms with E-state index >= 15 is 0 Å². The van der Waals surface area contributed by atoms with Gasteiger partial charge in [0.25, 0.3) is 0 Å². The van der Waals surface area contributed by atoms with Crippen molar-refractivity contribution in [1.29, 1.82) is 0 Å². The summed E-state index contributed by atoms with van der Waals surface area (Å²) in [6.07, 6.45) is 0.950. The van der Waals surface area contributed by atoms with Crippen LogP contribution in [0.25, 0.3) is 10.8 Å². The number of hydrogen-bond donors (Lipinski definition) is 2. The van der Waals surface area contributed by atoms with Gasteiger partial charge in [0.15, 0.2) is 0 Å². The van der Waals surface area contributed by atoms with Gasteiger partial charge in [-0.05, 0) is 30.0 Å². The van der Waals surface area contributed by atoms with E-state index in [0.717, 1.165) is 34.3 Å². The third kappa shape index (κ3) is 4.51. The molecule has 25 heavy (non-hydrogen) atoms. The Kier molecular flexibility index (Phi) is 5.52. The van der Waals surface area contributed by atoms with Gasteiger partial charge in [-0.15, -0.1) is 0 Å². The van der Waals surface area contributed by atoms with Gasteiger partial charge in [0.05, 0.1) is 13.2 Å². The topological polar surface area (TPSA) is 50.4 Å². The summed E-state index contributed by atoms with van der Waals surface area (Å²) < 4.78 is 5.59. The van der Waals surface area contributed by atoms with E-state index in [0.29, 0.717) is 6.61 Å². The van der Waals surface area contributed by atoms with Gasteiger partial charge in [0.2, 0.25) is 5.91 Å². The minimum absolute atomic E-state index is 0.0967. The number of benzene rings is 3. The Labute approximate surface area is 147 Å². The van der Waals surface area contributed by atoms with Crippen molar-refractivity contribution < 1.29 is 9.53 Å². The highest BCUT2D eigenvalue weighted by Gasteiger charge is 2.05. The third-order valence-electron chi connectivity index (χ3n) is 3.82. The Morgan fingerprint density at radius 3 is 2.68 bits per heavy atom. The molecule has 0 aliphatic rings. The van der Waals surface area contributed by atoms with E-state index < -0.39 is 0 Å². The number of amides is 1. The van der Waals surface area contributed by atoms with Gasteiger partial charge in [0.1, 0.15) is 5.75 Å². The van der Waals surface area contributed by atoms with Crippen molar-refractivity contribution in [2.75, 3.05) is 23.8 Å². The van der Waals surface area contributed by atoms with Crippen LogP contribution in [0.4, 0.5) is 11.4 Å². The summed E-state index contributed by atoms with van der Waals surface area (Å²) in [5.74, 6) is 0.669. The van der Waals surface area contributed by atoms with Gasteiger partial charge in [-0.2, -0.15) is 0 Å². The van der Waals surface area contributed by atoms with Gasteiger partial charge < -0.3 is 15.4 Å². The van der Waals surface area contributed by atoms with Crippen LogP contribution in [0, 0.1) is 0 Å². The molecule has 0 aromatic heterocycles. The quantitative estimate of drug-likeness (QED) is 0.659. The molecule has 3 aromatic carbocycles. The summed E-state index contributed by atoms with van der Waals surface area (Å²) in [7, 11) is 0. The molecule has 0 heterocycles. The number of fused-ring (bicyclic) bond motifs is 1. The van der Waals surface area contributed by atoms with Crippen LogP contribution in [0.1, 0.15) is 13.3 Å². The average molecular weight is 334 g/mol. The Morgan fingerprint density at radius 1 is 1.00 bits per heavy atom. The van der Waals surface area contributed by atoms with Crippen molar-refractivity contribution in [2.24, 2.45) is 0 Å². The molecule has 1 amide bonds. The second-order valence-corrected chi connectivity index (χ2v) is 5.80. The average Bonchev–Trinajstić information content (AvgIpc) is 2.65. The smallest absolute Gasteiger partial charge is 0.243 e. The van der Waals surface area contributed by atoms with Crippen LogP contribution in [-0.4, -0.2) is 19.1 Å². The maximum Gasteiger partial charge on any atom is 0.243 e. The molecule has 2 N–H and O–H groups in total. The number of rotatable bonds is 7. The fourth-order valence-electron chi connectivity index (χ4n) is 2.64. The zero-order chi connectivity index (χ0) is 17.5. The highest BCUT2D eigenvalue weighted by molar-refractivity contribution is 5.98. The Balaban J connectivity index is 1.61. The van der Waals surface area contributed by atoms with Crippen LogP contribution in [0.2, 0.25) is 0 Å². The highest BCUT2D eigenvalue weighted by Crippen LogP contribution is 2.23. The molecule has 128 valence electrons.